The largest absolute Gasteiger partial charge is 0.360 e. The molecule has 0 saturated carbocycles. The molecule has 3 fully saturated rings. The average Bonchev–Trinajstić information content (AvgIpc) is 3.34. The molecule has 0 bridgehead atoms. The van der Waals surface area contributed by atoms with Crippen molar-refractivity contribution in [1.82, 2.24) is 4.90 Å². The van der Waals surface area contributed by atoms with Gasteiger partial charge in [-0.1, -0.05) is 23.7 Å². The second-order valence-electron chi connectivity index (χ2n) is 10.7. The van der Waals surface area contributed by atoms with Gasteiger partial charge in [-0.15, -0.1) is 0 Å². The molecule has 4 rings (SSSR count). The zero-order valence-electron chi connectivity index (χ0n) is 19.5. The molecule has 1 aromatic carbocycles. The fourth-order valence-electron chi connectivity index (χ4n) is 5.90. The lowest BCUT2D eigenvalue weighted by molar-refractivity contribution is -0.836. The van der Waals surface area contributed by atoms with Crippen molar-refractivity contribution >= 4 is 23.6 Å². The molecule has 3 aliphatic rings. The molecule has 0 radical (unpaired) electrons. The minimum Gasteiger partial charge on any atom is -0.360 e. The molecule has 3 saturated heterocycles. The minimum absolute atomic E-state index is 0.0976. The van der Waals surface area contributed by atoms with Crippen molar-refractivity contribution in [3.63, 3.8) is 0 Å². The number of hydrogen-bond donors (Lipinski definition) is 0. The third-order valence-electron chi connectivity index (χ3n) is 7.59. The Hall–Kier alpha value is -1.72. The van der Waals surface area contributed by atoms with E-state index in [1.807, 2.05) is 25.7 Å². The Morgan fingerprint density at radius 2 is 1.78 bits per heavy atom. The van der Waals surface area contributed by atoms with E-state index in [4.69, 9.17) is 16.3 Å². The summed E-state index contributed by atoms with van der Waals surface area (Å²) in [5.41, 5.74) is 0.530. The van der Waals surface area contributed by atoms with Crippen LogP contribution in [0.25, 0.3) is 0 Å². The van der Waals surface area contributed by atoms with E-state index in [1.165, 1.54) is 43.4 Å². The van der Waals surface area contributed by atoms with Crippen molar-refractivity contribution in [1.29, 1.82) is 0 Å². The predicted molar refractivity (Wildman–Crippen MR) is 124 cm³/mol. The van der Waals surface area contributed by atoms with Crippen molar-refractivity contribution in [2.45, 2.75) is 76.2 Å². The van der Waals surface area contributed by atoms with Crippen LogP contribution in [0.15, 0.2) is 29.3 Å². The third-order valence-corrected chi connectivity index (χ3v) is 7.84. The first-order chi connectivity index (χ1) is 15.2. The number of amides is 1. The summed E-state index contributed by atoms with van der Waals surface area (Å²) in [6.45, 7) is 11.1. The number of isocyanates is 1. The summed E-state index contributed by atoms with van der Waals surface area (Å²) in [6.07, 6.45) is 6.88. The molecule has 0 aliphatic carbocycles. The maximum Gasteiger partial charge on any atom is 0.254 e. The van der Waals surface area contributed by atoms with Gasteiger partial charge in [0.15, 0.2) is 11.6 Å². The van der Waals surface area contributed by atoms with Gasteiger partial charge in [-0.2, -0.15) is 4.99 Å². The number of quaternary nitrogens is 1. The number of ether oxygens (including phenoxy) is 1. The zero-order chi connectivity index (χ0) is 23.0. The monoisotopic (exact) mass is 460 g/mol. The first-order valence-electron chi connectivity index (χ1n) is 11.8. The Bertz CT molecular complexity index is 875. The molecule has 3 heterocycles. The number of hydrogen-bond acceptors (Lipinski definition) is 4. The number of likely N-dealkylation sites (tertiary alicyclic amines) is 1. The minimum atomic E-state index is -0.885. The lowest BCUT2D eigenvalue weighted by Gasteiger charge is -2.39. The Kier molecular flexibility index (Phi) is 6.52. The van der Waals surface area contributed by atoms with Crippen LogP contribution < -0.4 is 0 Å². The van der Waals surface area contributed by atoms with Gasteiger partial charge in [-0.25, -0.2) is 4.79 Å². The molecule has 32 heavy (non-hydrogen) atoms. The third kappa shape index (κ3) is 4.65. The van der Waals surface area contributed by atoms with Crippen LogP contribution >= 0.6 is 11.6 Å². The summed E-state index contributed by atoms with van der Waals surface area (Å²) < 4.78 is 7.51. The van der Waals surface area contributed by atoms with Crippen molar-refractivity contribution in [3.8, 4) is 0 Å². The molecule has 2 spiro atoms. The van der Waals surface area contributed by atoms with E-state index in [9.17, 15) is 9.59 Å². The Morgan fingerprint density at radius 1 is 1.16 bits per heavy atom. The number of carbonyl (C=O) groups excluding carboxylic acids is 2. The summed E-state index contributed by atoms with van der Waals surface area (Å²) in [4.78, 5) is 30.9. The highest BCUT2D eigenvalue weighted by atomic mass is 35.5. The number of benzene rings is 1. The molecule has 7 heteroatoms. The summed E-state index contributed by atoms with van der Waals surface area (Å²) >= 11 is 6.04. The normalized spacial score (nSPS) is 23.4. The summed E-state index contributed by atoms with van der Waals surface area (Å²) in [7, 11) is 0. The molecule has 0 N–H and O–H groups in total. The number of carbonyl (C=O) groups is 1. The molecular formula is C25H35ClN3O3+. The molecule has 2 atom stereocenters. The zero-order valence-corrected chi connectivity index (χ0v) is 20.2. The molecule has 3 aliphatic heterocycles. The van der Waals surface area contributed by atoms with E-state index in [0.29, 0.717) is 16.1 Å². The summed E-state index contributed by atoms with van der Waals surface area (Å²) in [5.74, 6) is -0.0976. The molecule has 1 aromatic rings. The van der Waals surface area contributed by atoms with Crippen LogP contribution in [0, 0.1) is 0 Å². The van der Waals surface area contributed by atoms with Crippen molar-refractivity contribution in [2.75, 3.05) is 32.7 Å². The second kappa shape index (κ2) is 8.90. The van der Waals surface area contributed by atoms with Crippen molar-refractivity contribution in [2.24, 2.45) is 4.99 Å². The topological polar surface area (TPSA) is 59.0 Å². The maximum absolute atomic E-state index is 13.7. The predicted octanol–water partition coefficient (Wildman–Crippen LogP) is 4.28. The quantitative estimate of drug-likeness (QED) is 0.285. The Morgan fingerprint density at radius 3 is 2.34 bits per heavy atom. The van der Waals surface area contributed by atoms with Crippen LogP contribution in [0.5, 0.6) is 0 Å². The Balaban J connectivity index is 1.52. The van der Waals surface area contributed by atoms with Gasteiger partial charge in [0.05, 0.1) is 18.7 Å². The van der Waals surface area contributed by atoms with Crippen molar-refractivity contribution in [3.05, 3.63) is 34.9 Å². The lowest BCUT2D eigenvalue weighted by Crippen LogP contribution is -2.52. The van der Waals surface area contributed by atoms with Gasteiger partial charge in [0.25, 0.3) is 5.91 Å². The van der Waals surface area contributed by atoms with Crippen LogP contribution in [0.2, 0.25) is 5.02 Å². The van der Waals surface area contributed by atoms with Gasteiger partial charge >= 0.3 is 0 Å². The van der Waals surface area contributed by atoms with Crippen LogP contribution in [0.1, 0.15) is 64.5 Å². The molecule has 1 amide bonds. The van der Waals surface area contributed by atoms with E-state index in [1.54, 1.807) is 30.3 Å². The highest BCUT2D eigenvalue weighted by Gasteiger charge is 2.69. The van der Waals surface area contributed by atoms with Gasteiger partial charge in [0.2, 0.25) is 6.08 Å². The van der Waals surface area contributed by atoms with Gasteiger partial charge in [0.1, 0.15) is 12.6 Å². The highest BCUT2D eigenvalue weighted by molar-refractivity contribution is 6.30. The first kappa shape index (κ1) is 23.4. The Labute approximate surface area is 196 Å². The fourth-order valence-corrected chi connectivity index (χ4v) is 6.02. The van der Waals surface area contributed by atoms with Crippen LogP contribution in [0.4, 0.5) is 0 Å². The molecule has 1 unspecified atom stereocenters. The number of halogens is 1. The lowest BCUT2D eigenvalue weighted by atomic mass is 9.93. The average molecular weight is 461 g/mol. The van der Waals surface area contributed by atoms with Gasteiger partial charge in [-0.05, 0) is 57.7 Å². The van der Waals surface area contributed by atoms with E-state index < -0.39 is 17.7 Å². The van der Waals surface area contributed by atoms with Gasteiger partial charge in [0, 0.05) is 31.0 Å². The smallest absolute Gasteiger partial charge is 0.254 e. The number of nitrogens with zero attached hydrogens (tertiary/aromatic N) is 3. The number of rotatable bonds is 5. The van der Waals surface area contributed by atoms with E-state index >= 15 is 0 Å². The number of piperidine rings is 2. The fraction of sp³-hybridized carbons (Fsp3) is 0.680. The van der Waals surface area contributed by atoms with Crippen LogP contribution in [-0.4, -0.2) is 71.3 Å². The molecular weight excluding hydrogens is 426 g/mol. The summed E-state index contributed by atoms with van der Waals surface area (Å²) in [5, 5.41) is 0.586. The van der Waals surface area contributed by atoms with Crippen molar-refractivity contribution < 1.29 is 18.8 Å². The maximum atomic E-state index is 13.7. The van der Waals surface area contributed by atoms with E-state index in [2.05, 4.69) is 4.99 Å². The van der Waals surface area contributed by atoms with Crippen LogP contribution in [0.3, 0.4) is 0 Å². The molecule has 0 aromatic heterocycles. The first-order valence-corrected chi connectivity index (χ1v) is 12.2. The van der Waals surface area contributed by atoms with Gasteiger partial charge < -0.3 is 14.1 Å². The SMILES string of the molecule is CC(C)(C)O[C@@H](C(=O)N1CCC2(CC1)C[N+]21CCCCC1)C(N=C=O)c1ccc(Cl)cc1. The standard InChI is InChI=1S/C25H35ClN3O3/c1-24(2,3)32-22(21(27-18-30)19-7-9-20(26)10-8-19)23(31)28-13-11-25(12-14-28)17-29(25)15-5-4-6-16-29/h7-10,21-22H,4-6,11-17H2,1-3H3/q+1/t21?,22-/m1/s1. The number of aliphatic imine (C=N–C) groups is 1. The summed E-state index contributed by atoms with van der Waals surface area (Å²) in [6, 6.07) is 6.30. The molecule has 6 nitrogen and oxygen atoms in total. The second-order valence-corrected chi connectivity index (χ2v) is 11.2. The van der Waals surface area contributed by atoms with Gasteiger partial charge in [-0.3, -0.25) is 4.79 Å². The van der Waals surface area contributed by atoms with Crippen LogP contribution in [-0.2, 0) is 14.3 Å². The highest BCUT2D eigenvalue weighted by Crippen LogP contribution is 2.52. The van der Waals surface area contributed by atoms with E-state index in [0.717, 1.165) is 25.9 Å². The van der Waals surface area contributed by atoms with E-state index in [-0.39, 0.29) is 5.91 Å². The molecule has 174 valence electrons. The number of fused-ring (bicyclic) bond motifs is 1.